The van der Waals surface area contributed by atoms with E-state index in [4.69, 9.17) is 14.7 Å². The molecule has 0 saturated carbocycles. The molecule has 0 saturated heterocycles. The Morgan fingerprint density at radius 3 is 2.94 bits per heavy atom. The molecular formula is C13H15NO4. The Kier molecular flexibility index (Phi) is 3.82. The fraction of sp³-hybridized carbons (Fsp3) is 0.385. The van der Waals surface area contributed by atoms with Crippen molar-refractivity contribution in [2.75, 3.05) is 13.7 Å². The van der Waals surface area contributed by atoms with Crippen molar-refractivity contribution in [2.45, 2.75) is 19.3 Å². The molecule has 0 fully saturated rings. The van der Waals surface area contributed by atoms with E-state index in [1.165, 1.54) is 11.1 Å². The summed E-state index contributed by atoms with van der Waals surface area (Å²) in [7, 11) is 1.63. The van der Waals surface area contributed by atoms with Crippen molar-refractivity contribution >= 4 is 11.7 Å². The number of oxime groups is 1. The van der Waals surface area contributed by atoms with E-state index < -0.39 is 12.6 Å². The summed E-state index contributed by atoms with van der Waals surface area (Å²) in [6.07, 6.45) is 2.39. The van der Waals surface area contributed by atoms with E-state index in [-0.39, 0.29) is 0 Å². The minimum absolute atomic E-state index is 0.394. The molecule has 18 heavy (non-hydrogen) atoms. The second kappa shape index (κ2) is 5.53. The highest BCUT2D eigenvalue weighted by molar-refractivity contribution is 5.88. The highest BCUT2D eigenvalue weighted by atomic mass is 16.6. The molecule has 0 heterocycles. The van der Waals surface area contributed by atoms with Gasteiger partial charge in [0.05, 0.1) is 12.8 Å². The number of carboxylic acids is 1. The van der Waals surface area contributed by atoms with Crippen molar-refractivity contribution in [3.63, 3.8) is 0 Å². The first-order valence-electron chi connectivity index (χ1n) is 5.74. The van der Waals surface area contributed by atoms with Crippen molar-refractivity contribution in [1.29, 1.82) is 0 Å². The third kappa shape index (κ3) is 3.00. The molecule has 0 radical (unpaired) electrons. The number of aryl methyl sites for hydroxylation is 1. The number of carbonyl (C=O) groups is 1. The lowest BCUT2D eigenvalue weighted by atomic mass is 9.90. The van der Waals surface area contributed by atoms with Gasteiger partial charge in [0.15, 0.2) is 0 Å². The highest BCUT2D eigenvalue weighted by Gasteiger charge is 2.15. The van der Waals surface area contributed by atoms with Crippen molar-refractivity contribution in [3.8, 4) is 5.75 Å². The normalized spacial score (nSPS) is 16.2. The summed E-state index contributed by atoms with van der Waals surface area (Å²) in [5.74, 6) is -0.196. The van der Waals surface area contributed by atoms with E-state index in [9.17, 15) is 4.79 Å². The average molecular weight is 249 g/mol. The van der Waals surface area contributed by atoms with Crippen LogP contribution in [0.15, 0.2) is 23.4 Å². The number of fused-ring (bicyclic) bond motifs is 1. The maximum absolute atomic E-state index is 10.3. The molecule has 0 amide bonds. The predicted octanol–water partition coefficient (Wildman–Crippen LogP) is 1.64. The van der Waals surface area contributed by atoms with Crippen LogP contribution in [-0.4, -0.2) is 30.5 Å². The van der Waals surface area contributed by atoms with Gasteiger partial charge in [-0.2, -0.15) is 0 Å². The minimum atomic E-state index is -1.02. The Balaban J connectivity index is 2.06. The molecular weight excluding hydrogens is 234 g/mol. The lowest BCUT2D eigenvalue weighted by Crippen LogP contribution is -2.15. The predicted molar refractivity (Wildman–Crippen MR) is 66.0 cm³/mol. The number of hydrogen-bond acceptors (Lipinski definition) is 4. The molecule has 0 atom stereocenters. The van der Waals surface area contributed by atoms with Gasteiger partial charge in [0.1, 0.15) is 5.75 Å². The SMILES string of the molecule is COc1ccc2c(c1)C/C(=N\OCC(=O)O)CC2. The van der Waals surface area contributed by atoms with Gasteiger partial charge in [0.25, 0.3) is 0 Å². The van der Waals surface area contributed by atoms with Gasteiger partial charge in [0, 0.05) is 6.42 Å². The Bertz CT molecular complexity index is 482. The van der Waals surface area contributed by atoms with E-state index >= 15 is 0 Å². The number of nitrogens with zero attached hydrogens (tertiary/aromatic N) is 1. The van der Waals surface area contributed by atoms with Crippen LogP contribution in [0, 0.1) is 0 Å². The summed E-state index contributed by atoms with van der Waals surface area (Å²) in [5.41, 5.74) is 3.32. The van der Waals surface area contributed by atoms with Gasteiger partial charge in [-0.05, 0) is 36.1 Å². The molecule has 0 spiro atoms. The van der Waals surface area contributed by atoms with Crippen LogP contribution < -0.4 is 4.74 Å². The fourth-order valence-electron chi connectivity index (χ4n) is 1.98. The maximum Gasteiger partial charge on any atom is 0.344 e. The van der Waals surface area contributed by atoms with Crippen molar-refractivity contribution < 1.29 is 19.5 Å². The zero-order valence-corrected chi connectivity index (χ0v) is 10.2. The van der Waals surface area contributed by atoms with Gasteiger partial charge in [-0.3, -0.25) is 0 Å². The lowest BCUT2D eigenvalue weighted by Gasteiger charge is -2.17. The van der Waals surface area contributed by atoms with Crippen LogP contribution >= 0.6 is 0 Å². The molecule has 1 aliphatic carbocycles. The van der Waals surface area contributed by atoms with E-state index in [0.717, 1.165) is 24.3 Å². The van der Waals surface area contributed by atoms with Crippen LogP contribution in [0.25, 0.3) is 0 Å². The van der Waals surface area contributed by atoms with Crippen LogP contribution in [0.2, 0.25) is 0 Å². The van der Waals surface area contributed by atoms with Crippen LogP contribution in [0.5, 0.6) is 5.75 Å². The van der Waals surface area contributed by atoms with Gasteiger partial charge >= 0.3 is 5.97 Å². The largest absolute Gasteiger partial charge is 0.497 e. The Labute approximate surface area is 105 Å². The quantitative estimate of drug-likeness (QED) is 0.824. The Morgan fingerprint density at radius 2 is 2.22 bits per heavy atom. The molecule has 0 bridgehead atoms. The van der Waals surface area contributed by atoms with E-state index in [1.807, 2.05) is 12.1 Å². The number of hydrogen-bond donors (Lipinski definition) is 1. The molecule has 1 N–H and O–H groups in total. The van der Waals surface area contributed by atoms with Gasteiger partial charge in [-0.1, -0.05) is 11.2 Å². The summed E-state index contributed by atoms with van der Waals surface area (Å²) in [6, 6.07) is 5.99. The number of methoxy groups -OCH3 is 1. The molecule has 1 aliphatic rings. The molecule has 5 nitrogen and oxygen atoms in total. The first-order valence-corrected chi connectivity index (χ1v) is 5.74. The molecule has 1 aromatic carbocycles. The molecule has 0 unspecified atom stereocenters. The van der Waals surface area contributed by atoms with E-state index in [2.05, 4.69) is 11.2 Å². The van der Waals surface area contributed by atoms with Gasteiger partial charge in [-0.15, -0.1) is 0 Å². The highest BCUT2D eigenvalue weighted by Crippen LogP contribution is 2.24. The van der Waals surface area contributed by atoms with Crippen LogP contribution in [0.3, 0.4) is 0 Å². The molecule has 0 aromatic heterocycles. The monoisotopic (exact) mass is 249 g/mol. The fourth-order valence-corrected chi connectivity index (χ4v) is 1.98. The summed E-state index contributed by atoms with van der Waals surface area (Å²) >= 11 is 0. The van der Waals surface area contributed by atoms with Crippen LogP contribution in [-0.2, 0) is 22.5 Å². The third-order valence-corrected chi connectivity index (χ3v) is 2.87. The smallest absolute Gasteiger partial charge is 0.344 e. The minimum Gasteiger partial charge on any atom is -0.497 e. The summed E-state index contributed by atoms with van der Waals surface area (Å²) < 4.78 is 5.18. The molecule has 2 rings (SSSR count). The lowest BCUT2D eigenvalue weighted by molar-refractivity contribution is -0.142. The molecule has 5 heteroatoms. The van der Waals surface area contributed by atoms with Crippen molar-refractivity contribution in [2.24, 2.45) is 5.16 Å². The Morgan fingerprint density at radius 1 is 1.39 bits per heavy atom. The average Bonchev–Trinajstić information content (AvgIpc) is 2.37. The van der Waals surface area contributed by atoms with Crippen LogP contribution in [0.4, 0.5) is 0 Å². The van der Waals surface area contributed by atoms with Gasteiger partial charge < -0.3 is 14.7 Å². The van der Waals surface area contributed by atoms with E-state index in [0.29, 0.717) is 6.42 Å². The molecule has 0 aliphatic heterocycles. The van der Waals surface area contributed by atoms with Gasteiger partial charge in [0.2, 0.25) is 6.61 Å². The number of carboxylic acid groups (broad SMARTS) is 1. The van der Waals surface area contributed by atoms with Crippen molar-refractivity contribution in [1.82, 2.24) is 0 Å². The van der Waals surface area contributed by atoms with E-state index in [1.54, 1.807) is 7.11 Å². The first-order chi connectivity index (χ1) is 8.69. The van der Waals surface area contributed by atoms with Crippen molar-refractivity contribution in [3.05, 3.63) is 29.3 Å². The standard InChI is InChI=1S/C13H15NO4/c1-17-12-5-3-9-2-4-11(6-10(9)7-12)14-18-8-13(15)16/h3,5,7H,2,4,6,8H2,1H3,(H,15,16)/b14-11-. The summed E-state index contributed by atoms with van der Waals surface area (Å²) in [5, 5.41) is 12.3. The zero-order chi connectivity index (χ0) is 13.0. The molecule has 1 aromatic rings. The van der Waals surface area contributed by atoms with Gasteiger partial charge in [-0.25, -0.2) is 4.79 Å². The summed E-state index contributed by atoms with van der Waals surface area (Å²) in [4.78, 5) is 15.1. The number of benzene rings is 1. The topological polar surface area (TPSA) is 68.1 Å². The molecule has 96 valence electrons. The zero-order valence-electron chi connectivity index (χ0n) is 10.2. The number of aliphatic carboxylic acids is 1. The summed E-state index contributed by atoms with van der Waals surface area (Å²) in [6.45, 7) is -0.394. The first kappa shape index (κ1) is 12.4. The van der Waals surface area contributed by atoms with Crippen LogP contribution in [0.1, 0.15) is 17.5 Å². The second-order valence-electron chi connectivity index (χ2n) is 4.14. The Hall–Kier alpha value is -2.04. The number of rotatable bonds is 4. The second-order valence-corrected chi connectivity index (χ2v) is 4.14. The number of ether oxygens (including phenoxy) is 1. The third-order valence-electron chi connectivity index (χ3n) is 2.87. The maximum atomic E-state index is 10.3.